The number of sulfonamides is 1. The Kier molecular flexibility index (Phi) is 7.27. The van der Waals surface area contributed by atoms with E-state index < -0.39 is 28.5 Å². The van der Waals surface area contributed by atoms with Crippen LogP contribution in [-0.4, -0.2) is 32.9 Å². The van der Waals surface area contributed by atoms with Gasteiger partial charge in [0.1, 0.15) is 0 Å². The smallest absolute Gasteiger partial charge is 0.338 e. The first-order chi connectivity index (χ1) is 15.2. The van der Waals surface area contributed by atoms with E-state index in [4.69, 9.17) is 4.74 Å². The molecule has 1 unspecified atom stereocenters. The lowest BCUT2D eigenvalue weighted by molar-refractivity contribution is -0.124. The summed E-state index contributed by atoms with van der Waals surface area (Å²) in [6.07, 6.45) is 0. The molecule has 0 heterocycles. The Balaban J connectivity index is 1.58. The molecule has 0 aliphatic carbocycles. The topological polar surface area (TPSA) is 102 Å². The zero-order valence-electron chi connectivity index (χ0n) is 18.2. The van der Waals surface area contributed by atoms with Crippen molar-refractivity contribution in [1.82, 2.24) is 10.0 Å². The van der Waals surface area contributed by atoms with E-state index in [1.54, 1.807) is 13.8 Å². The second-order valence-electron chi connectivity index (χ2n) is 7.73. The van der Waals surface area contributed by atoms with Gasteiger partial charge in [0, 0.05) is 6.04 Å². The molecule has 168 valence electrons. The molecule has 3 rings (SSSR count). The lowest BCUT2D eigenvalue weighted by atomic mass is 10.00. The van der Waals surface area contributed by atoms with Crippen molar-refractivity contribution in [2.24, 2.45) is 0 Å². The van der Waals surface area contributed by atoms with Crippen molar-refractivity contribution in [3.63, 3.8) is 0 Å². The normalized spacial score (nSPS) is 12.5. The summed E-state index contributed by atoms with van der Waals surface area (Å²) in [5, 5.41) is 4.96. The monoisotopic (exact) mass is 454 g/mol. The first-order valence-corrected chi connectivity index (χ1v) is 11.7. The third-order valence-electron chi connectivity index (χ3n) is 4.79. The summed E-state index contributed by atoms with van der Waals surface area (Å²) in [6, 6.07) is 18.6. The number of nitrogens with one attached hydrogen (secondary N) is 2. The lowest BCUT2D eigenvalue weighted by Gasteiger charge is -2.16. The van der Waals surface area contributed by atoms with Gasteiger partial charge >= 0.3 is 5.97 Å². The molecular formula is C24H26N2O5S. The molecular weight excluding hydrogens is 428 g/mol. The molecule has 1 amide bonds. The van der Waals surface area contributed by atoms with Gasteiger partial charge in [-0.2, -0.15) is 0 Å². The zero-order chi connectivity index (χ0) is 23.3. The number of rotatable bonds is 8. The van der Waals surface area contributed by atoms with Gasteiger partial charge in [-0.05, 0) is 61.4 Å². The van der Waals surface area contributed by atoms with Gasteiger partial charge in [-0.1, -0.05) is 42.5 Å². The minimum atomic E-state index is -3.65. The summed E-state index contributed by atoms with van der Waals surface area (Å²) in [7, 11) is -3.65. The van der Waals surface area contributed by atoms with Crippen LogP contribution in [0.4, 0.5) is 0 Å². The summed E-state index contributed by atoms with van der Waals surface area (Å²) in [5.41, 5.74) is 1.12. The molecule has 2 N–H and O–H groups in total. The number of hydrogen-bond donors (Lipinski definition) is 2. The molecule has 0 aromatic heterocycles. The number of fused-ring (bicyclic) bond motifs is 1. The average molecular weight is 455 g/mol. The van der Waals surface area contributed by atoms with Crippen LogP contribution in [0.1, 0.15) is 42.7 Å². The van der Waals surface area contributed by atoms with Crippen molar-refractivity contribution in [2.45, 2.75) is 37.8 Å². The highest BCUT2D eigenvalue weighted by molar-refractivity contribution is 7.89. The molecule has 0 spiro atoms. The largest absolute Gasteiger partial charge is 0.452 e. The minimum absolute atomic E-state index is 0.0457. The van der Waals surface area contributed by atoms with Crippen LogP contribution in [-0.2, 0) is 19.6 Å². The van der Waals surface area contributed by atoms with E-state index in [1.165, 1.54) is 24.3 Å². The summed E-state index contributed by atoms with van der Waals surface area (Å²) in [4.78, 5) is 24.6. The Labute approximate surface area is 187 Å². The molecule has 0 aliphatic rings. The molecule has 0 saturated carbocycles. The molecule has 1 atom stereocenters. The summed E-state index contributed by atoms with van der Waals surface area (Å²) in [6.45, 7) is 4.86. The van der Waals surface area contributed by atoms with E-state index in [-0.39, 0.29) is 22.5 Å². The van der Waals surface area contributed by atoms with E-state index in [0.29, 0.717) is 0 Å². The van der Waals surface area contributed by atoms with Gasteiger partial charge in [-0.3, -0.25) is 4.79 Å². The Morgan fingerprint density at radius 1 is 0.906 bits per heavy atom. The van der Waals surface area contributed by atoms with Crippen molar-refractivity contribution in [3.05, 3.63) is 77.9 Å². The van der Waals surface area contributed by atoms with Crippen LogP contribution in [0.15, 0.2) is 71.6 Å². The molecule has 3 aromatic carbocycles. The predicted molar refractivity (Wildman–Crippen MR) is 123 cm³/mol. The average Bonchev–Trinajstić information content (AvgIpc) is 2.76. The van der Waals surface area contributed by atoms with Crippen molar-refractivity contribution >= 4 is 32.7 Å². The zero-order valence-corrected chi connectivity index (χ0v) is 19.0. The molecule has 3 aromatic rings. The van der Waals surface area contributed by atoms with Crippen LogP contribution < -0.4 is 10.0 Å². The molecule has 32 heavy (non-hydrogen) atoms. The number of benzene rings is 3. The van der Waals surface area contributed by atoms with Gasteiger partial charge in [-0.25, -0.2) is 17.9 Å². The fourth-order valence-electron chi connectivity index (χ4n) is 3.35. The van der Waals surface area contributed by atoms with Crippen molar-refractivity contribution in [2.75, 3.05) is 6.61 Å². The van der Waals surface area contributed by atoms with Crippen LogP contribution in [0.2, 0.25) is 0 Å². The fraction of sp³-hybridized carbons (Fsp3) is 0.250. The number of carbonyl (C=O) groups is 2. The first kappa shape index (κ1) is 23.4. The van der Waals surface area contributed by atoms with E-state index in [0.717, 1.165) is 16.3 Å². The quantitative estimate of drug-likeness (QED) is 0.507. The third-order valence-corrected chi connectivity index (χ3v) is 6.47. The van der Waals surface area contributed by atoms with Crippen molar-refractivity contribution in [3.8, 4) is 0 Å². The number of ether oxygens (including phenoxy) is 1. The van der Waals surface area contributed by atoms with Crippen molar-refractivity contribution < 1.29 is 22.7 Å². The SMILES string of the molecule is CC(C)NS(=O)(=O)c1ccc(C(=O)OCC(=O)NC(C)c2cccc3ccccc23)cc1. The van der Waals surface area contributed by atoms with Gasteiger partial charge in [-0.15, -0.1) is 0 Å². The number of carbonyl (C=O) groups excluding carboxylic acids is 2. The Morgan fingerprint density at radius 3 is 2.25 bits per heavy atom. The van der Waals surface area contributed by atoms with E-state index in [9.17, 15) is 18.0 Å². The maximum absolute atomic E-state index is 12.3. The molecule has 0 bridgehead atoms. The Morgan fingerprint density at radius 2 is 1.56 bits per heavy atom. The van der Waals surface area contributed by atoms with Crippen molar-refractivity contribution in [1.29, 1.82) is 0 Å². The van der Waals surface area contributed by atoms with Gasteiger partial charge in [0.15, 0.2) is 6.61 Å². The maximum atomic E-state index is 12.3. The van der Waals surface area contributed by atoms with Crippen LogP contribution in [0.5, 0.6) is 0 Å². The number of esters is 1. The second-order valence-corrected chi connectivity index (χ2v) is 9.45. The van der Waals surface area contributed by atoms with E-state index >= 15 is 0 Å². The van der Waals surface area contributed by atoms with Gasteiger partial charge in [0.05, 0.1) is 16.5 Å². The van der Waals surface area contributed by atoms with Crippen LogP contribution in [0.25, 0.3) is 10.8 Å². The molecule has 0 radical (unpaired) electrons. The molecule has 8 heteroatoms. The molecule has 0 aliphatic heterocycles. The second kappa shape index (κ2) is 9.93. The highest BCUT2D eigenvalue weighted by Gasteiger charge is 2.18. The summed E-state index contributed by atoms with van der Waals surface area (Å²) in [5.74, 6) is -1.14. The molecule has 0 saturated heterocycles. The number of hydrogen-bond acceptors (Lipinski definition) is 5. The van der Waals surface area contributed by atoms with Gasteiger partial charge < -0.3 is 10.1 Å². The Bertz CT molecular complexity index is 1220. The van der Waals surface area contributed by atoms with Gasteiger partial charge in [0.25, 0.3) is 5.91 Å². The lowest BCUT2D eigenvalue weighted by Crippen LogP contribution is -2.31. The van der Waals surface area contributed by atoms with E-state index in [1.807, 2.05) is 49.4 Å². The highest BCUT2D eigenvalue weighted by Crippen LogP contribution is 2.24. The highest BCUT2D eigenvalue weighted by atomic mass is 32.2. The van der Waals surface area contributed by atoms with Crippen LogP contribution in [0, 0.1) is 0 Å². The maximum Gasteiger partial charge on any atom is 0.338 e. The summed E-state index contributed by atoms with van der Waals surface area (Å²) >= 11 is 0. The molecule has 0 fully saturated rings. The minimum Gasteiger partial charge on any atom is -0.452 e. The third kappa shape index (κ3) is 5.72. The fourth-order valence-corrected chi connectivity index (χ4v) is 4.60. The number of amides is 1. The van der Waals surface area contributed by atoms with Crippen LogP contribution >= 0.6 is 0 Å². The summed E-state index contributed by atoms with van der Waals surface area (Å²) < 4.78 is 31.9. The van der Waals surface area contributed by atoms with Crippen LogP contribution in [0.3, 0.4) is 0 Å². The van der Waals surface area contributed by atoms with Gasteiger partial charge in [0.2, 0.25) is 10.0 Å². The standard InChI is InChI=1S/C24H26N2O5S/c1-16(2)26-32(29,30)20-13-11-19(12-14-20)24(28)31-15-23(27)25-17(3)21-10-6-8-18-7-4-5-9-22(18)21/h4-14,16-17,26H,15H2,1-3H3,(H,25,27). The van der Waals surface area contributed by atoms with E-state index in [2.05, 4.69) is 10.0 Å². The first-order valence-electron chi connectivity index (χ1n) is 10.2. The molecule has 7 nitrogen and oxygen atoms in total. The predicted octanol–water partition coefficient (Wildman–Crippen LogP) is 3.56. The Hall–Kier alpha value is -3.23.